The number of oxazole rings is 1. The van der Waals surface area contributed by atoms with Gasteiger partial charge < -0.3 is 14.5 Å². The third-order valence-corrected chi connectivity index (χ3v) is 7.52. The van der Waals surface area contributed by atoms with Crippen molar-refractivity contribution in [2.24, 2.45) is 0 Å². The van der Waals surface area contributed by atoms with Crippen molar-refractivity contribution < 1.29 is 13.4 Å². The van der Waals surface area contributed by atoms with Crippen LogP contribution in [0.15, 0.2) is 45.3 Å². The van der Waals surface area contributed by atoms with Crippen molar-refractivity contribution >= 4 is 33.0 Å². The predicted octanol–water partition coefficient (Wildman–Crippen LogP) is 4.31. The molecular weight excluding hydrogens is 432 g/mol. The number of anilines is 2. The number of ether oxygens (including phenoxy) is 1. The number of morpholine rings is 1. The molecule has 1 aliphatic rings. The van der Waals surface area contributed by atoms with Crippen LogP contribution in [-0.2, 0) is 33.2 Å². The molecule has 0 aliphatic carbocycles. The first kappa shape index (κ1) is 22.1. The Labute approximate surface area is 189 Å². The topological polar surface area (TPSA) is 80.5 Å². The average molecular weight is 461 g/mol. The van der Waals surface area contributed by atoms with E-state index in [1.165, 1.54) is 16.9 Å². The lowest BCUT2D eigenvalue weighted by molar-refractivity contribution is 0.0342. The van der Waals surface area contributed by atoms with Gasteiger partial charge in [-0.3, -0.25) is 9.11 Å². The van der Waals surface area contributed by atoms with E-state index in [9.17, 15) is 4.21 Å². The molecule has 1 atom stereocenters. The summed E-state index contributed by atoms with van der Waals surface area (Å²) in [6.45, 7) is 10.6. The number of benzene rings is 1. The molecule has 31 heavy (non-hydrogen) atoms. The first-order valence-electron chi connectivity index (χ1n) is 10.3. The van der Waals surface area contributed by atoms with E-state index < -0.39 is 10.8 Å². The first-order chi connectivity index (χ1) is 14.9. The van der Waals surface area contributed by atoms with Crippen molar-refractivity contribution in [3.63, 3.8) is 0 Å². The molecule has 7 nitrogen and oxygen atoms in total. The van der Waals surface area contributed by atoms with Crippen molar-refractivity contribution in [3.05, 3.63) is 53.9 Å². The summed E-state index contributed by atoms with van der Waals surface area (Å²) in [6, 6.07) is 8.32. The molecule has 3 aromatic rings. The molecule has 4 rings (SSSR count). The summed E-state index contributed by atoms with van der Waals surface area (Å²) in [6.07, 6.45) is 3.38. The maximum Gasteiger partial charge on any atom is 0.207 e. The zero-order chi connectivity index (χ0) is 21.8. The molecule has 9 heteroatoms. The Hall–Kier alpha value is -2.07. The van der Waals surface area contributed by atoms with E-state index in [0.717, 1.165) is 49.4 Å². The first-order valence-corrected chi connectivity index (χ1v) is 12.5. The minimum absolute atomic E-state index is 0.120. The highest BCUT2D eigenvalue weighted by molar-refractivity contribution is 7.86. The molecule has 0 radical (unpaired) electrons. The number of aromatic nitrogens is 2. The van der Waals surface area contributed by atoms with Gasteiger partial charge in [0.25, 0.3) is 0 Å². The Morgan fingerprint density at radius 3 is 2.74 bits per heavy atom. The number of nitrogens with zero attached hydrogens (tertiary/aromatic N) is 3. The SMILES string of the molecule is CC(C)(C)c1cnc(CS(=O)c2cnc(Nc3cccc(CN4CCOCC4)c3)s2)o1. The van der Waals surface area contributed by atoms with E-state index in [4.69, 9.17) is 9.15 Å². The van der Waals surface area contributed by atoms with Gasteiger partial charge in [-0.15, -0.1) is 0 Å². The lowest BCUT2D eigenvalue weighted by Crippen LogP contribution is -2.35. The molecule has 0 saturated carbocycles. The second kappa shape index (κ2) is 9.60. The van der Waals surface area contributed by atoms with Crippen molar-refractivity contribution in [3.8, 4) is 0 Å². The number of thiazole rings is 1. The van der Waals surface area contributed by atoms with Gasteiger partial charge in [0.15, 0.2) is 5.13 Å². The van der Waals surface area contributed by atoms with Gasteiger partial charge in [-0.2, -0.15) is 0 Å². The van der Waals surface area contributed by atoms with Crippen LogP contribution in [0, 0.1) is 0 Å². The van der Waals surface area contributed by atoms with Crippen molar-refractivity contribution in [2.45, 2.75) is 42.7 Å². The summed E-state index contributed by atoms with van der Waals surface area (Å²) >= 11 is 1.39. The quantitative estimate of drug-likeness (QED) is 0.563. The predicted molar refractivity (Wildman–Crippen MR) is 123 cm³/mol. The molecule has 0 bridgehead atoms. The van der Waals surface area contributed by atoms with Crippen LogP contribution in [0.5, 0.6) is 0 Å². The molecule has 1 N–H and O–H groups in total. The van der Waals surface area contributed by atoms with Crippen LogP contribution in [0.1, 0.15) is 38.0 Å². The fourth-order valence-corrected chi connectivity index (χ4v) is 5.24. The van der Waals surface area contributed by atoms with Crippen LogP contribution in [0.4, 0.5) is 10.8 Å². The van der Waals surface area contributed by atoms with Crippen LogP contribution >= 0.6 is 11.3 Å². The highest BCUT2D eigenvalue weighted by atomic mass is 32.2. The Bertz CT molecular complexity index is 1040. The van der Waals surface area contributed by atoms with Gasteiger partial charge in [-0.05, 0) is 17.7 Å². The molecule has 166 valence electrons. The molecular formula is C22H28N4O3S2. The van der Waals surface area contributed by atoms with Crippen molar-refractivity contribution in [1.82, 2.24) is 14.9 Å². The molecule has 1 aromatic carbocycles. The molecule has 2 aromatic heterocycles. The minimum Gasteiger partial charge on any atom is -0.444 e. The van der Waals surface area contributed by atoms with Gasteiger partial charge in [0.1, 0.15) is 15.7 Å². The van der Waals surface area contributed by atoms with Crippen LogP contribution in [0.2, 0.25) is 0 Å². The summed E-state index contributed by atoms with van der Waals surface area (Å²) in [5, 5.41) is 4.05. The van der Waals surface area contributed by atoms with E-state index in [1.807, 2.05) is 12.1 Å². The molecule has 1 aliphatic heterocycles. The maximum atomic E-state index is 12.8. The Morgan fingerprint density at radius 1 is 1.19 bits per heavy atom. The summed E-state index contributed by atoms with van der Waals surface area (Å²) in [5.41, 5.74) is 2.09. The molecule has 0 amide bonds. The van der Waals surface area contributed by atoms with E-state index in [2.05, 4.69) is 53.1 Å². The smallest absolute Gasteiger partial charge is 0.207 e. The van der Waals surface area contributed by atoms with Crippen LogP contribution in [0.25, 0.3) is 0 Å². The number of rotatable bonds is 7. The fourth-order valence-electron chi connectivity index (χ4n) is 3.22. The molecule has 1 fully saturated rings. The lowest BCUT2D eigenvalue weighted by Gasteiger charge is -2.26. The summed E-state index contributed by atoms with van der Waals surface area (Å²) in [7, 11) is -1.25. The zero-order valence-corrected chi connectivity index (χ0v) is 19.7. The number of hydrogen-bond donors (Lipinski definition) is 1. The molecule has 0 spiro atoms. The summed E-state index contributed by atoms with van der Waals surface area (Å²) < 4.78 is 24.6. The Balaban J connectivity index is 1.37. The average Bonchev–Trinajstić information content (AvgIpc) is 3.39. The molecule has 3 heterocycles. The second-order valence-corrected chi connectivity index (χ2v) is 11.3. The van der Waals surface area contributed by atoms with Crippen LogP contribution in [-0.4, -0.2) is 45.4 Å². The van der Waals surface area contributed by atoms with Crippen LogP contribution in [0.3, 0.4) is 0 Å². The second-order valence-electron chi connectivity index (χ2n) is 8.56. The monoisotopic (exact) mass is 460 g/mol. The van der Waals surface area contributed by atoms with Gasteiger partial charge in [0.2, 0.25) is 5.89 Å². The Kier molecular flexibility index (Phi) is 6.86. The van der Waals surface area contributed by atoms with E-state index in [1.54, 1.807) is 12.4 Å². The van der Waals surface area contributed by atoms with E-state index in [-0.39, 0.29) is 11.2 Å². The zero-order valence-electron chi connectivity index (χ0n) is 18.1. The summed E-state index contributed by atoms with van der Waals surface area (Å²) in [5.74, 6) is 1.53. The van der Waals surface area contributed by atoms with Gasteiger partial charge >= 0.3 is 0 Å². The molecule has 1 unspecified atom stereocenters. The third kappa shape index (κ3) is 6.00. The largest absolute Gasteiger partial charge is 0.444 e. The van der Waals surface area contributed by atoms with Crippen molar-refractivity contribution in [2.75, 3.05) is 31.6 Å². The van der Waals surface area contributed by atoms with E-state index in [0.29, 0.717) is 10.1 Å². The summed E-state index contributed by atoms with van der Waals surface area (Å²) in [4.78, 5) is 11.1. The van der Waals surface area contributed by atoms with Crippen molar-refractivity contribution in [1.29, 1.82) is 0 Å². The highest BCUT2D eigenvalue weighted by Crippen LogP contribution is 2.28. The maximum absolute atomic E-state index is 12.8. The van der Waals surface area contributed by atoms with Gasteiger partial charge in [0, 0.05) is 30.7 Å². The number of hydrogen-bond acceptors (Lipinski definition) is 8. The van der Waals surface area contributed by atoms with Gasteiger partial charge in [-0.1, -0.05) is 44.2 Å². The van der Waals surface area contributed by atoms with Gasteiger partial charge in [-0.25, -0.2) is 9.97 Å². The fraction of sp³-hybridized carbons (Fsp3) is 0.455. The Morgan fingerprint density at radius 2 is 2.00 bits per heavy atom. The third-order valence-electron chi connectivity index (χ3n) is 4.94. The van der Waals surface area contributed by atoms with E-state index >= 15 is 0 Å². The van der Waals surface area contributed by atoms with Crippen LogP contribution < -0.4 is 5.32 Å². The standard InChI is InChI=1S/C22H28N4O3S2/c1-22(2,3)18-12-23-19(29-18)15-31(27)20-13-24-21(30-20)25-17-6-4-5-16(11-17)14-26-7-9-28-10-8-26/h4-6,11-13H,7-10,14-15H2,1-3H3,(H,24,25). The molecule has 1 saturated heterocycles. The highest BCUT2D eigenvalue weighted by Gasteiger charge is 2.21. The lowest BCUT2D eigenvalue weighted by atomic mass is 9.94. The normalized spacial score (nSPS) is 16.4. The minimum atomic E-state index is -1.25. The number of nitrogens with one attached hydrogen (secondary N) is 1. The van der Waals surface area contributed by atoms with Gasteiger partial charge in [0.05, 0.1) is 36.4 Å².